The predicted molar refractivity (Wildman–Crippen MR) is 125 cm³/mol. The van der Waals surface area contributed by atoms with Crippen LogP contribution in [0.1, 0.15) is 31.0 Å². The Kier molecular flexibility index (Phi) is 5.66. The van der Waals surface area contributed by atoms with Crippen LogP contribution in [0.5, 0.6) is 11.5 Å². The minimum atomic E-state index is -0.132. The van der Waals surface area contributed by atoms with Gasteiger partial charge in [0.2, 0.25) is 11.8 Å². The van der Waals surface area contributed by atoms with Crippen LogP contribution in [0, 0.1) is 0 Å². The number of nitrogens with zero attached hydrogens (tertiary/aromatic N) is 4. The third kappa shape index (κ3) is 3.90. The lowest BCUT2D eigenvalue weighted by molar-refractivity contribution is -0.130. The van der Waals surface area contributed by atoms with Gasteiger partial charge in [0.25, 0.3) is 0 Å². The minimum Gasteiger partial charge on any atom is -0.497 e. The molecule has 0 saturated carbocycles. The third-order valence-electron chi connectivity index (χ3n) is 6.60. The van der Waals surface area contributed by atoms with Gasteiger partial charge < -0.3 is 23.8 Å². The Labute approximate surface area is 192 Å². The molecule has 3 aromatic rings. The molecule has 2 aliphatic heterocycles. The fourth-order valence-corrected chi connectivity index (χ4v) is 4.89. The van der Waals surface area contributed by atoms with Crippen molar-refractivity contribution in [3.63, 3.8) is 0 Å². The number of ether oxygens (including phenoxy) is 2. The van der Waals surface area contributed by atoms with Gasteiger partial charge in [0.15, 0.2) is 0 Å². The van der Waals surface area contributed by atoms with E-state index in [1.807, 2.05) is 45.9 Å². The normalized spacial score (nSPS) is 18.4. The number of anilines is 1. The van der Waals surface area contributed by atoms with E-state index in [1.54, 1.807) is 25.2 Å². The average Bonchev–Trinajstić information content (AvgIpc) is 3.58. The Morgan fingerprint density at radius 3 is 2.64 bits per heavy atom. The van der Waals surface area contributed by atoms with Crippen molar-refractivity contribution >= 4 is 28.5 Å². The number of carbonyl (C=O) groups is 2. The molecule has 5 rings (SSSR count). The van der Waals surface area contributed by atoms with Crippen LogP contribution in [0.4, 0.5) is 5.69 Å². The standard InChI is InChI=1S/C25H28N4O4/c1-32-18-9-10-22(33-2)21(14-18)28-15-17(13-23(28)30)25-26-19-7-3-4-8-20(19)29(25)16-24(31)27-11-5-6-12-27/h3-4,7-10,14,17H,5-6,11-13,15-16H2,1-2H3. The third-order valence-corrected chi connectivity index (χ3v) is 6.60. The summed E-state index contributed by atoms with van der Waals surface area (Å²) in [5.74, 6) is 2.02. The van der Waals surface area contributed by atoms with Crippen LogP contribution in [-0.4, -0.2) is 60.1 Å². The van der Waals surface area contributed by atoms with E-state index < -0.39 is 0 Å². The van der Waals surface area contributed by atoms with Crippen molar-refractivity contribution in [3.05, 3.63) is 48.3 Å². The summed E-state index contributed by atoms with van der Waals surface area (Å²) in [6, 6.07) is 13.3. The van der Waals surface area contributed by atoms with E-state index in [1.165, 1.54) is 0 Å². The lowest BCUT2D eigenvalue weighted by Crippen LogP contribution is -2.32. The Morgan fingerprint density at radius 2 is 1.88 bits per heavy atom. The van der Waals surface area contributed by atoms with Crippen molar-refractivity contribution < 1.29 is 19.1 Å². The van der Waals surface area contributed by atoms with Crippen molar-refractivity contribution in [2.75, 3.05) is 38.8 Å². The minimum absolute atomic E-state index is 0.00368. The second-order valence-corrected chi connectivity index (χ2v) is 8.58. The first kappa shape index (κ1) is 21.3. The number of hydrogen-bond donors (Lipinski definition) is 0. The molecular formula is C25H28N4O4. The number of hydrogen-bond acceptors (Lipinski definition) is 5. The van der Waals surface area contributed by atoms with Crippen LogP contribution in [0.15, 0.2) is 42.5 Å². The van der Waals surface area contributed by atoms with Gasteiger partial charge in [-0.25, -0.2) is 4.98 Å². The van der Waals surface area contributed by atoms with E-state index in [-0.39, 0.29) is 24.3 Å². The van der Waals surface area contributed by atoms with Gasteiger partial charge in [-0.2, -0.15) is 0 Å². The molecule has 3 heterocycles. The van der Waals surface area contributed by atoms with E-state index in [2.05, 4.69) is 0 Å². The molecule has 2 saturated heterocycles. The molecule has 0 N–H and O–H groups in total. The SMILES string of the molecule is COc1ccc(OC)c(N2CC(c3nc4ccccc4n3CC(=O)N3CCCC3)CC2=O)c1. The van der Waals surface area contributed by atoms with Gasteiger partial charge in [0.05, 0.1) is 30.9 Å². The number of para-hydroxylation sites is 2. The van der Waals surface area contributed by atoms with Crippen LogP contribution in [-0.2, 0) is 16.1 Å². The van der Waals surface area contributed by atoms with E-state index in [4.69, 9.17) is 14.5 Å². The maximum absolute atomic E-state index is 13.1. The van der Waals surface area contributed by atoms with Gasteiger partial charge in [0.1, 0.15) is 23.9 Å². The molecular weight excluding hydrogens is 420 g/mol. The van der Waals surface area contributed by atoms with E-state index in [9.17, 15) is 9.59 Å². The van der Waals surface area contributed by atoms with E-state index >= 15 is 0 Å². The summed E-state index contributed by atoms with van der Waals surface area (Å²) >= 11 is 0. The molecule has 0 spiro atoms. The Morgan fingerprint density at radius 1 is 1.09 bits per heavy atom. The second kappa shape index (κ2) is 8.77. The molecule has 2 amide bonds. The average molecular weight is 449 g/mol. The second-order valence-electron chi connectivity index (χ2n) is 8.58. The highest BCUT2D eigenvalue weighted by molar-refractivity contribution is 5.98. The lowest BCUT2D eigenvalue weighted by Gasteiger charge is -2.21. The molecule has 1 unspecified atom stereocenters. The zero-order chi connectivity index (χ0) is 22.9. The zero-order valence-corrected chi connectivity index (χ0v) is 19.0. The summed E-state index contributed by atoms with van der Waals surface area (Å²) in [7, 11) is 3.19. The van der Waals surface area contributed by atoms with Crippen LogP contribution in [0.25, 0.3) is 11.0 Å². The fraction of sp³-hybridized carbons (Fsp3) is 0.400. The predicted octanol–water partition coefficient (Wildman–Crippen LogP) is 3.20. The molecule has 8 heteroatoms. The number of rotatable bonds is 6. The molecule has 0 radical (unpaired) electrons. The topological polar surface area (TPSA) is 76.9 Å². The van der Waals surface area contributed by atoms with Crippen molar-refractivity contribution in [1.82, 2.24) is 14.5 Å². The van der Waals surface area contributed by atoms with E-state index in [0.717, 1.165) is 42.8 Å². The maximum atomic E-state index is 13.1. The number of likely N-dealkylation sites (tertiary alicyclic amines) is 1. The highest BCUT2D eigenvalue weighted by atomic mass is 16.5. The van der Waals surface area contributed by atoms with Crippen molar-refractivity contribution in [2.45, 2.75) is 31.7 Å². The largest absolute Gasteiger partial charge is 0.497 e. The van der Waals surface area contributed by atoms with Crippen LogP contribution >= 0.6 is 0 Å². The molecule has 33 heavy (non-hydrogen) atoms. The Bertz CT molecular complexity index is 1200. The highest BCUT2D eigenvalue weighted by Crippen LogP contribution is 2.39. The summed E-state index contributed by atoms with van der Waals surface area (Å²) < 4.78 is 12.9. The summed E-state index contributed by atoms with van der Waals surface area (Å²) in [6.07, 6.45) is 2.43. The van der Waals surface area contributed by atoms with Gasteiger partial charge in [-0.3, -0.25) is 9.59 Å². The molecule has 2 aromatic carbocycles. The molecule has 0 aliphatic carbocycles. The van der Waals surface area contributed by atoms with Crippen molar-refractivity contribution in [1.29, 1.82) is 0 Å². The van der Waals surface area contributed by atoms with Gasteiger partial charge in [-0.05, 0) is 37.1 Å². The molecule has 0 bridgehead atoms. The summed E-state index contributed by atoms with van der Waals surface area (Å²) in [5.41, 5.74) is 2.44. The van der Waals surface area contributed by atoms with E-state index in [0.29, 0.717) is 30.2 Å². The summed E-state index contributed by atoms with van der Waals surface area (Å²) in [6.45, 7) is 2.32. The smallest absolute Gasteiger partial charge is 0.242 e. The summed E-state index contributed by atoms with van der Waals surface area (Å²) in [4.78, 5) is 34.6. The number of fused-ring (bicyclic) bond motifs is 1. The number of benzene rings is 2. The number of imidazole rings is 1. The maximum Gasteiger partial charge on any atom is 0.242 e. The quantitative estimate of drug-likeness (QED) is 0.579. The monoisotopic (exact) mass is 448 g/mol. The first-order chi connectivity index (χ1) is 16.1. The number of aromatic nitrogens is 2. The zero-order valence-electron chi connectivity index (χ0n) is 19.0. The molecule has 172 valence electrons. The first-order valence-electron chi connectivity index (χ1n) is 11.3. The first-order valence-corrected chi connectivity index (χ1v) is 11.3. The molecule has 2 fully saturated rings. The molecule has 1 aromatic heterocycles. The molecule has 1 atom stereocenters. The van der Waals surface area contributed by atoms with Crippen LogP contribution < -0.4 is 14.4 Å². The van der Waals surface area contributed by atoms with Crippen molar-refractivity contribution in [2.24, 2.45) is 0 Å². The summed E-state index contributed by atoms with van der Waals surface area (Å²) in [5, 5.41) is 0. The van der Waals surface area contributed by atoms with Crippen LogP contribution in [0.3, 0.4) is 0 Å². The fourth-order valence-electron chi connectivity index (χ4n) is 4.89. The number of methoxy groups -OCH3 is 2. The number of carbonyl (C=O) groups excluding carboxylic acids is 2. The van der Waals surface area contributed by atoms with Crippen LogP contribution in [0.2, 0.25) is 0 Å². The van der Waals surface area contributed by atoms with Gasteiger partial charge in [-0.1, -0.05) is 12.1 Å². The Balaban J connectivity index is 1.49. The van der Waals surface area contributed by atoms with Gasteiger partial charge in [0, 0.05) is 38.0 Å². The van der Waals surface area contributed by atoms with Crippen molar-refractivity contribution in [3.8, 4) is 11.5 Å². The highest BCUT2D eigenvalue weighted by Gasteiger charge is 2.36. The molecule has 8 nitrogen and oxygen atoms in total. The molecule has 2 aliphatic rings. The Hall–Kier alpha value is -3.55. The van der Waals surface area contributed by atoms with Gasteiger partial charge in [-0.15, -0.1) is 0 Å². The van der Waals surface area contributed by atoms with Gasteiger partial charge >= 0.3 is 0 Å². The lowest BCUT2D eigenvalue weighted by atomic mass is 10.1. The number of amides is 2.